The third-order valence-electron chi connectivity index (χ3n) is 5.97. The van der Waals surface area contributed by atoms with Crippen molar-refractivity contribution in [2.75, 3.05) is 13.2 Å². The summed E-state index contributed by atoms with van der Waals surface area (Å²) in [5.41, 5.74) is 0. The van der Waals surface area contributed by atoms with E-state index >= 15 is 0 Å². The van der Waals surface area contributed by atoms with Gasteiger partial charge in [0.25, 0.3) is 0 Å². The molecule has 0 aromatic rings. The van der Waals surface area contributed by atoms with E-state index in [0.29, 0.717) is 0 Å². The predicted molar refractivity (Wildman–Crippen MR) is 101 cm³/mol. The smallest absolute Gasteiger partial charge is 0.303 e. The van der Waals surface area contributed by atoms with Crippen molar-refractivity contribution in [2.24, 2.45) is 17.8 Å². The lowest BCUT2D eigenvalue weighted by atomic mass is 9.81. The zero-order valence-electron chi connectivity index (χ0n) is 17.9. The lowest BCUT2D eigenvalue weighted by Gasteiger charge is -2.44. The Morgan fingerprint density at radius 1 is 0.828 bits per heavy atom. The van der Waals surface area contributed by atoms with Gasteiger partial charge < -0.3 is 33.9 Å². The van der Waals surface area contributed by atoms with Crippen LogP contribution in [-0.2, 0) is 33.3 Å². The van der Waals surface area contributed by atoms with E-state index in [1.54, 1.807) is 6.92 Å². The molecule has 0 aromatic heterocycles. The SMILES string of the molecule is CC(=O)OCC1O[C@H](OCC2OC(C)[C@@H](OC(C)=O)C(C)[C@@H]2C)[C@@H](C)C(O)[C@H]1O. The number of aliphatic hydroxyl groups is 2. The first kappa shape index (κ1) is 24.0. The predicted octanol–water partition coefficient (Wildman–Crippen LogP) is 0.640. The summed E-state index contributed by atoms with van der Waals surface area (Å²) < 4.78 is 28.0. The van der Waals surface area contributed by atoms with Crippen LogP contribution in [0.3, 0.4) is 0 Å². The summed E-state index contributed by atoms with van der Waals surface area (Å²) in [5.74, 6) is -1.19. The summed E-state index contributed by atoms with van der Waals surface area (Å²) in [7, 11) is 0. The van der Waals surface area contributed by atoms with Crippen molar-refractivity contribution in [2.45, 2.75) is 84.5 Å². The van der Waals surface area contributed by atoms with Gasteiger partial charge in [0.1, 0.15) is 24.9 Å². The minimum Gasteiger partial charge on any atom is -0.463 e. The Labute approximate surface area is 171 Å². The van der Waals surface area contributed by atoms with Crippen LogP contribution >= 0.6 is 0 Å². The van der Waals surface area contributed by atoms with Gasteiger partial charge in [0.05, 0.1) is 24.9 Å². The van der Waals surface area contributed by atoms with Gasteiger partial charge in [-0.25, -0.2) is 0 Å². The minimum absolute atomic E-state index is 0.0572. The van der Waals surface area contributed by atoms with Gasteiger partial charge in [-0.1, -0.05) is 20.8 Å². The topological polar surface area (TPSA) is 121 Å². The first-order chi connectivity index (χ1) is 13.5. The average Bonchev–Trinajstić information content (AvgIpc) is 2.65. The third-order valence-corrected chi connectivity index (χ3v) is 5.97. The maximum atomic E-state index is 11.3. The number of carbonyl (C=O) groups is 2. The van der Waals surface area contributed by atoms with Gasteiger partial charge in [-0.15, -0.1) is 0 Å². The number of carbonyl (C=O) groups excluding carboxylic acids is 2. The lowest BCUT2D eigenvalue weighted by molar-refractivity contribution is -0.294. The Hall–Kier alpha value is -1.26. The largest absolute Gasteiger partial charge is 0.463 e. The summed E-state index contributed by atoms with van der Waals surface area (Å²) in [6.45, 7) is 10.3. The van der Waals surface area contributed by atoms with Gasteiger partial charge in [-0.2, -0.15) is 0 Å². The van der Waals surface area contributed by atoms with E-state index in [1.165, 1.54) is 13.8 Å². The fourth-order valence-electron chi connectivity index (χ4n) is 3.91. The highest BCUT2D eigenvalue weighted by Crippen LogP contribution is 2.34. The van der Waals surface area contributed by atoms with E-state index in [2.05, 4.69) is 0 Å². The van der Waals surface area contributed by atoms with Crippen LogP contribution in [0.1, 0.15) is 41.5 Å². The van der Waals surface area contributed by atoms with Crippen molar-refractivity contribution in [1.82, 2.24) is 0 Å². The van der Waals surface area contributed by atoms with Gasteiger partial charge in [-0.3, -0.25) is 9.59 Å². The molecule has 9 nitrogen and oxygen atoms in total. The summed E-state index contributed by atoms with van der Waals surface area (Å²) in [6, 6.07) is 0. The van der Waals surface area contributed by atoms with Gasteiger partial charge in [0, 0.05) is 25.7 Å². The summed E-state index contributed by atoms with van der Waals surface area (Å²) in [6.07, 6.45) is -4.80. The molecule has 0 saturated carbocycles. The second kappa shape index (κ2) is 10.2. The molecule has 168 valence electrons. The number of hydrogen-bond donors (Lipinski definition) is 2. The first-order valence-corrected chi connectivity index (χ1v) is 10.1. The van der Waals surface area contributed by atoms with Gasteiger partial charge in [-0.05, 0) is 12.8 Å². The van der Waals surface area contributed by atoms with E-state index in [9.17, 15) is 19.8 Å². The van der Waals surface area contributed by atoms with Crippen LogP contribution in [0.2, 0.25) is 0 Å². The van der Waals surface area contributed by atoms with Crippen molar-refractivity contribution in [1.29, 1.82) is 0 Å². The molecule has 2 rings (SSSR count). The number of ether oxygens (including phenoxy) is 5. The first-order valence-electron chi connectivity index (χ1n) is 10.1. The molecule has 0 aromatic carbocycles. The van der Waals surface area contributed by atoms with Crippen LogP contribution in [0, 0.1) is 17.8 Å². The molecule has 0 aliphatic carbocycles. The molecule has 9 heteroatoms. The fourth-order valence-corrected chi connectivity index (χ4v) is 3.91. The van der Waals surface area contributed by atoms with E-state index in [0.717, 1.165) is 0 Å². The molecular formula is C20H34O9. The number of aliphatic hydroxyl groups excluding tert-OH is 2. The van der Waals surface area contributed by atoms with E-state index in [1.807, 2.05) is 20.8 Å². The molecule has 0 amide bonds. The summed E-state index contributed by atoms with van der Waals surface area (Å²) >= 11 is 0. The molecule has 5 unspecified atom stereocenters. The average molecular weight is 418 g/mol. The zero-order chi connectivity index (χ0) is 21.9. The maximum absolute atomic E-state index is 11.3. The van der Waals surface area contributed by atoms with Crippen molar-refractivity contribution < 1.29 is 43.5 Å². The number of rotatable bonds is 6. The summed E-state index contributed by atoms with van der Waals surface area (Å²) in [4.78, 5) is 22.4. The second-order valence-corrected chi connectivity index (χ2v) is 8.19. The molecular weight excluding hydrogens is 384 g/mol. The van der Waals surface area contributed by atoms with E-state index < -0.39 is 36.5 Å². The monoisotopic (exact) mass is 418 g/mol. The lowest BCUT2D eigenvalue weighted by Crippen LogP contribution is -2.57. The second-order valence-electron chi connectivity index (χ2n) is 8.19. The van der Waals surface area contributed by atoms with Crippen molar-refractivity contribution in [3.63, 3.8) is 0 Å². The van der Waals surface area contributed by atoms with E-state index in [4.69, 9.17) is 23.7 Å². The number of esters is 2. The standard InChI is InChI=1S/C20H34O9/c1-9-10(2)19(28-14(6)22)12(4)27-15(9)7-26-20-11(3)17(23)18(24)16(29-20)8-25-13(5)21/h9-12,15-20,23-24H,7-8H2,1-6H3/t9-,10?,11-,12?,15?,16?,17?,18-,19-,20-/m0/s1. The van der Waals surface area contributed by atoms with Crippen LogP contribution in [0.15, 0.2) is 0 Å². The van der Waals surface area contributed by atoms with Crippen LogP contribution < -0.4 is 0 Å². The highest BCUT2D eigenvalue weighted by molar-refractivity contribution is 5.66. The molecule has 2 N–H and O–H groups in total. The van der Waals surface area contributed by atoms with Crippen LogP contribution in [0.4, 0.5) is 0 Å². The Kier molecular flexibility index (Phi) is 8.42. The van der Waals surface area contributed by atoms with Gasteiger partial charge in [0.2, 0.25) is 0 Å². The fraction of sp³-hybridized carbons (Fsp3) is 0.900. The molecule has 0 bridgehead atoms. The van der Waals surface area contributed by atoms with Crippen LogP contribution in [0.25, 0.3) is 0 Å². The molecule has 0 spiro atoms. The third kappa shape index (κ3) is 5.88. The molecule has 2 saturated heterocycles. The van der Waals surface area contributed by atoms with Crippen molar-refractivity contribution in [3.05, 3.63) is 0 Å². The Balaban J connectivity index is 1.96. The van der Waals surface area contributed by atoms with Gasteiger partial charge >= 0.3 is 11.9 Å². The molecule has 2 aliphatic rings. The molecule has 2 aliphatic heterocycles. The number of hydrogen-bond acceptors (Lipinski definition) is 9. The Morgan fingerprint density at radius 3 is 2.07 bits per heavy atom. The zero-order valence-corrected chi connectivity index (χ0v) is 17.9. The van der Waals surface area contributed by atoms with Gasteiger partial charge in [0.15, 0.2) is 6.29 Å². The molecule has 2 heterocycles. The summed E-state index contributed by atoms with van der Waals surface area (Å²) in [5, 5.41) is 20.5. The Morgan fingerprint density at radius 2 is 1.48 bits per heavy atom. The Bertz CT molecular complexity index is 568. The maximum Gasteiger partial charge on any atom is 0.303 e. The molecule has 10 atom stereocenters. The molecule has 2 fully saturated rings. The molecule has 0 radical (unpaired) electrons. The quantitative estimate of drug-likeness (QED) is 0.599. The minimum atomic E-state index is -1.18. The highest BCUT2D eigenvalue weighted by atomic mass is 16.7. The van der Waals surface area contributed by atoms with Crippen molar-refractivity contribution >= 4 is 11.9 Å². The van der Waals surface area contributed by atoms with Crippen LogP contribution in [0.5, 0.6) is 0 Å². The normalized spacial score (nSPS) is 42.9. The molecule has 29 heavy (non-hydrogen) atoms. The van der Waals surface area contributed by atoms with Crippen LogP contribution in [-0.4, -0.2) is 78.3 Å². The van der Waals surface area contributed by atoms with Crippen molar-refractivity contribution in [3.8, 4) is 0 Å². The highest BCUT2D eigenvalue weighted by Gasteiger charge is 2.45. The van der Waals surface area contributed by atoms with E-state index in [-0.39, 0.29) is 49.3 Å².